The topological polar surface area (TPSA) is 3.88 Å². The van der Waals surface area contributed by atoms with Crippen LogP contribution in [0, 0.1) is 32.0 Å². The van der Waals surface area contributed by atoms with Crippen LogP contribution in [0.25, 0.3) is 22.2 Å². The third-order valence-corrected chi connectivity index (χ3v) is 5.13. The average molecular weight is 351 g/mol. The second-order valence-electron chi connectivity index (χ2n) is 8.78. The second kappa shape index (κ2) is 6.50. The van der Waals surface area contributed by atoms with Gasteiger partial charge in [-0.05, 0) is 61.4 Å². The molecule has 0 saturated carbocycles. The molecule has 3 rings (SSSR count). The van der Waals surface area contributed by atoms with Gasteiger partial charge in [-0.25, -0.2) is 4.39 Å². The first kappa shape index (κ1) is 18.6. The molecule has 0 spiro atoms. The first-order valence-electron chi connectivity index (χ1n) is 9.26. The molecule has 0 atom stereocenters. The van der Waals surface area contributed by atoms with Gasteiger partial charge in [-0.3, -0.25) is 0 Å². The number of aromatic nitrogens is 1. The third-order valence-electron chi connectivity index (χ3n) is 5.13. The molecule has 0 amide bonds. The summed E-state index contributed by atoms with van der Waals surface area (Å²) < 4.78 is 17.0. The van der Waals surface area contributed by atoms with E-state index >= 15 is 0 Å². The SMILES string of the molecule is Cc1cc(C)c(C)c(-c2cc(F)c3ccc(CC(C)(C)C)cc3[n+]2C)c1. The third kappa shape index (κ3) is 3.51. The fourth-order valence-corrected chi connectivity index (χ4v) is 3.77. The van der Waals surface area contributed by atoms with Gasteiger partial charge in [-0.15, -0.1) is 0 Å². The smallest absolute Gasteiger partial charge is 0.206 e. The van der Waals surface area contributed by atoms with E-state index in [4.69, 9.17) is 0 Å². The molecule has 3 aromatic rings. The fourth-order valence-electron chi connectivity index (χ4n) is 3.77. The van der Waals surface area contributed by atoms with Crippen molar-refractivity contribution in [3.8, 4) is 11.3 Å². The Morgan fingerprint density at radius 3 is 2.31 bits per heavy atom. The predicted octanol–water partition coefficient (Wildman–Crippen LogP) is 5.98. The van der Waals surface area contributed by atoms with Gasteiger partial charge in [0.2, 0.25) is 11.2 Å². The van der Waals surface area contributed by atoms with E-state index in [1.165, 1.54) is 22.3 Å². The van der Waals surface area contributed by atoms with Crippen LogP contribution in [0.5, 0.6) is 0 Å². The van der Waals surface area contributed by atoms with E-state index < -0.39 is 0 Å². The van der Waals surface area contributed by atoms with E-state index in [2.05, 4.69) is 70.4 Å². The van der Waals surface area contributed by atoms with Crippen LogP contribution in [-0.2, 0) is 13.5 Å². The van der Waals surface area contributed by atoms with E-state index in [1.54, 1.807) is 6.07 Å². The standard InChI is InChI=1S/C24H29FN/c1-15-10-16(2)17(3)20(11-15)23-13-21(25)19-9-8-18(14-24(4,5)6)12-22(19)26(23)7/h8-13H,14H2,1-7H3/q+1. The summed E-state index contributed by atoms with van der Waals surface area (Å²) in [6, 6.07) is 12.1. The maximum absolute atomic E-state index is 14.9. The van der Waals surface area contributed by atoms with Crippen molar-refractivity contribution in [1.29, 1.82) is 0 Å². The summed E-state index contributed by atoms with van der Waals surface area (Å²) in [5.74, 6) is -0.158. The molecular weight excluding hydrogens is 321 g/mol. The van der Waals surface area contributed by atoms with Crippen LogP contribution in [0.1, 0.15) is 43.0 Å². The highest BCUT2D eigenvalue weighted by atomic mass is 19.1. The monoisotopic (exact) mass is 350 g/mol. The number of fused-ring (bicyclic) bond motifs is 1. The zero-order valence-corrected chi connectivity index (χ0v) is 17.0. The van der Waals surface area contributed by atoms with E-state index in [1.807, 2.05) is 13.1 Å². The molecule has 0 N–H and O–H groups in total. The number of halogens is 1. The molecule has 1 heterocycles. The second-order valence-corrected chi connectivity index (χ2v) is 8.78. The zero-order valence-electron chi connectivity index (χ0n) is 17.0. The summed E-state index contributed by atoms with van der Waals surface area (Å²) in [5, 5.41) is 0.677. The fraction of sp³-hybridized carbons (Fsp3) is 0.375. The van der Waals surface area contributed by atoms with Gasteiger partial charge in [0.15, 0.2) is 0 Å². The highest BCUT2D eigenvalue weighted by Gasteiger charge is 2.21. The van der Waals surface area contributed by atoms with Crippen molar-refractivity contribution < 1.29 is 8.96 Å². The van der Waals surface area contributed by atoms with Crippen molar-refractivity contribution in [2.24, 2.45) is 12.5 Å². The van der Waals surface area contributed by atoms with Gasteiger partial charge in [0.1, 0.15) is 12.9 Å². The lowest BCUT2D eigenvalue weighted by molar-refractivity contribution is -0.633. The minimum Gasteiger partial charge on any atom is -0.206 e. The Bertz CT molecular complexity index is 993. The Morgan fingerprint density at radius 2 is 1.65 bits per heavy atom. The average Bonchev–Trinajstić information content (AvgIpc) is 2.53. The van der Waals surface area contributed by atoms with E-state index in [0.717, 1.165) is 23.2 Å². The molecule has 0 radical (unpaired) electrons. The molecule has 2 aromatic carbocycles. The van der Waals surface area contributed by atoms with E-state index in [9.17, 15) is 4.39 Å². The lowest BCUT2D eigenvalue weighted by atomic mass is 9.88. The molecule has 0 unspecified atom stereocenters. The maximum Gasteiger partial charge on any atom is 0.216 e. The van der Waals surface area contributed by atoms with Crippen LogP contribution < -0.4 is 4.57 Å². The molecule has 0 fully saturated rings. The molecular formula is C24H29FN+. The van der Waals surface area contributed by atoms with Gasteiger partial charge in [-0.2, -0.15) is 4.57 Å². The molecule has 26 heavy (non-hydrogen) atoms. The number of nitrogens with zero attached hydrogens (tertiary/aromatic N) is 1. The van der Waals surface area contributed by atoms with Gasteiger partial charge < -0.3 is 0 Å². The first-order valence-corrected chi connectivity index (χ1v) is 9.26. The lowest BCUT2D eigenvalue weighted by Gasteiger charge is -2.18. The summed E-state index contributed by atoms with van der Waals surface area (Å²) in [5.41, 5.74) is 8.06. The van der Waals surface area contributed by atoms with Crippen molar-refractivity contribution in [2.45, 2.75) is 48.0 Å². The van der Waals surface area contributed by atoms with E-state index in [-0.39, 0.29) is 11.2 Å². The first-order chi connectivity index (χ1) is 12.1. The molecule has 136 valence electrons. The van der Waals surface area contributed by atoms with Gasteiger partial charge in [-0.1, -0.05) is 38.5 Å². The van der Waals surface area contributed by atoms with Crippen molar-refractivity contribution in [3.63, 3.8) is 0 Å². The van der Waals surface area contributed by atoms with Crippen LogP contribution >= 0.6 is 0 Å². The zero-order chi connectivity index (χ0) is 19.2. The van der Waals surface area contributed by atoms with Gasteiger partial charge in [0, 0.05) is 17.7 Å². The Balaban J connectivity index is 2.27. The molecule has 0 aliphatic heterocycles. The summed E-state index contributed by atoms with van der Waals surface area (Å²) >= 11 is 0. The van der Waals surface area contributed by atoms with Crippen LogP contribution in [0.2, 0.25) is 0 Å². The Labute approximate surface area is 156 Å². The number of hydrogen-bond acceptors (Lipinski definition) is 0. The van der Waals surface area contributed by atoms with Crippen molar-refractivity contribution in [3.05, 3.63) is 64.5 Å². The molecule has 0 saturated heterocycles. The number of rotatable bonds is 2. The molecule has 1 aromatic heterocycles. The number of hydrogen-bond donors (Lipinski definition) is 0. The summed E-state index contributed by atoms with van der Waals surface area (Å²) in [6.07, 6.45) is 0.970. The van der Waals surface area contributed by atoms with Crippen LogP contribution in [0.3, 0.4) is 0 Å². The predicted molar refractivity (Wildman–Crippen MR) is 108 cm³/mol. The van der Waals surface area contributed by atoms with Gasteiger partial charge in [0.05, 0.1) is 5.39 Å². The Morgan fingerprint density at radius 1 is 0.962 bits per heavy atom. The van der Waals surface area contributed by atoms with Gasteiger partial charge in [0.25, 0.3) is 0 Å². The number of pyridine rings is 1. The van der Waals surface area contributed by atoms with Crippen molar-refractivity contribution in [2.75, 3.05) is 0 Å². The lowest BCUT2D eigenvalue weighted by Crippen LogP contribution is -2.33. The van der Waals surface area contributed by atoms with E-state index in [0.29, 0.717) is 5.39 Å². The summed E-state index contributed by atoms with van der Waals surface area (Å²) in [7, 11) is 2.04. The van der Waals surface area contributed by atoms with Crippen LogP contribution in [0.4, 0.5) is 4.39 Å². The Kier molecular flexibility index (Phi) is 4.64. The Hall–Kier alpha value is -2.22. The molecule has 1 nitrogen and oxygen atoms in total. The number of benzene rings is 2. The summed E-state index contributed by atoms with van der Waals surface area (Å²) in [4.78, 5) is 0. The highest BCUT2D eigenvalue weighted by Crippen LogP contribution is 2.29. The normalized spacial score (nSPS) is 12.0. The highest BCUT2D eigenvalue weighted by molar-refractivity contribution is 5.79. The van der Waals surface area contributed by atoms with Crippen LogP contribution in [0.15, 0.2) is 36.4 Å². The molecule has 0 bridgehead atoms. The molecule has 0 aliphatic carbocycles. The quantitative estimate of drug-likeness (QED) is 0.500. The number of aryl methyl sites for hydroxylation is 3. The molecule has 0 aliphatic rings. The summed E-state index contributed by atoms with van der Waals surface area (Å²) in [6.45, 7) is 13.0. The maximum atomic E-state index is 14.9. The molecule has 2 heteroatoms. The van der Waals surface area contributed by atoms with Gasteiger partial charge >= 0.3 is 0 Å². The van der Waals surface area contributed by atoms with Crippen molar-refractivity contribution in [1.82, 2.24) is 0 Å². The minimum absolute atomic E-state index is 0.158. The van der Waals surface area contributed by atoms with Crippen molar-refractivity contribution >= 4 is 10.9 Å². The largest absolute Gasteiger partial charge is 0.216 e. The minimum atomic E-state index is -0.158. The van der Waals surface area contributed by atoms with Crippen LogP contribution in [-0.4, -0.2) is 0 Å².